The number of benzene rings is 1. The van der Waals surface area contributed by atoms with Crippen LogP contribution in [0.5, 0.6) is 0 Å². The van der Waals surface area contributed by atoms with Crippen LogP contribution in [-0.2, 0) is 6.42 Å². The summed E-state index contributed by atoms with van der Waals surface area (Å²) >= 11 is 0. The van der Waals surface area contributed by atoms with Crippen LogP contribution in [0.25, 0.3) is 10.9 Å². The van der Waals surface area contributed by atoms with Crippen LogP contribution in [0.1, 0.15) is 39.5 Å². The van der Waals surface area contributed by atoms with Gasteiger partial charge >= 0.3 is 0 Å². The van der Waals surface area contributed by atoms with E-state index in [1.54, 1.807) is 12.4 Å². The number of nitrogens with one attached hydrogen (secondary N) is 3. The summed E-state index contributed by atoms with van der Waals surface area (Å²) in [6, 6.07) is 8.17. The Kier molecular flexibility index (Phi) is 3.08. The van der Waals surface area contributed by atoms with Crippen molar-refractivity contribution in [2.24, 2.45) is 0 Å². The van der Waals surface area contributed by atoms with Gasteiger partial charge in [0.05, 0.1) is 22.5 Å². The lowest BCUT2D eigenvalue weighted by Crippen LogP contribution is -2.27. The number of amides is 1. The Labute approximate surface area is 132 Å². The molecule has 0 saturated heterocycles. The molecule has 0 bridgehead atoms. The number of fused-ring (bicyclic) bond motifs is 2. The predicted molar refractivity (Wildman–Crippen MR) is 88.6 cm³/mol. The number of hydrogen-bond donors (Lipinski definition) is 3. The van der Waals surface area contributed by atoms with Crippen LogP contribution >= 0.6 is 0 Å². The van der Waals surface area contributed by atoms with Gasteiger partial charge in [-0.1, -0.05) is 24.3 Å². The third-order valence-electron chi connectivity index (χ3n) is 4.60. The molecule has 3 aromatic rings. The Hall–Kier alpha value is -2.82. The van der Waals surface area contributed by atoms with Crippen molar-refractivity contribution in [3.05, 3.63) is 69.3 Å². The lowest BCUT2D eigenvalue weighted by molar-refractivity contribution is 0.0938. The predicted octanol–water partition coefficient (Wildman–Crippen LogP) is 2.58. The highest BCUT2D eigenvalue weighted by Gasteiger charge is 2.25. The number of aromatic nitrogens is 2. The molecule has 23 heavy (non-hydrogen) atoms. The number of carbonyl (C=O) groups excluding carboxylic acids is 1. The van der Waals surface area contributed by atoms with Crippen LogP contribution in [0.15, 0.2) is 41.5 Å². The standard InChI is InChI=1S/C18H17N3O2/c1-10-8-20-18(23)15-13(9-19-16(10)15)17(22)21-14-7-6-11-4-2-3-5-12(11)14/h2-5,8-9,14,19H,6-7H2,1H3,(H,20,23)(H,21,22). The van der Waals surface area contributed by atoms with Gasteiger partial charge in [-0.05, 0) is 36.5 Å². The zero-order valence-corrected chi connectivity index (χ0v) is 12.8. The fraction of sp³-hybridized carbons (Fsp3) is 0.222. The fourth-order valence-electron chi connectivity index (χ4n) is 3.41. The van der Waals surface area contributed by atoms with Crippen LogP contribution in [0.2, 0.25) is 0 Å². The highest BCUT2D eigenvalue weighted by Crippen LogP contribution is 2.31. The molecule has 116 valence electrons. The molecule has 5 heteroatoms. The van der Waals surface area contributed by atoms with Crippen molar-refractivity contribution in [3.63, 3.8) is 0 Å². The average Bonchev–Trinajstić information content (AvgIpc) is 3.17. The van der Waals surface area contributed by atoms with Crippen LogP contribution in [-0.4, -0.2) is 15.9 Å². The summed E-state index contributed by atoms with van der Waals surface area (Å²) in [6.07, 6.45) is 5.12. The third-order valence-corrected chi connectivity index (χ3v) is 4.60. The second-order valence-electron chi connectivity index (χ2n) is 6.02. The van der Waals surface area contributed by atoms with Crippen molar-refractivity contribution in [1.82, 2.24) is 15.3 Å². The molecule has 1 unspecified atom stereocenters. The van der Waals surface area contributed by atoms with Gasteiger partial charge in [0, 0.05) is 12.4 Å². The molecule has 1 aliphatic rings. The number of aromatic amines is 2. The Morgan fingerprint density at radius 3 is 2.91 bits per heavy atom. The maximum atomic E-state index is 12.7. The van der Waals surface area contributed by atoms with Gasteiger partial charge in [0.1, 0.15) is 0 Å². The number of hydrogen-bond acceptors (Lipinski definition) is 2. The molecule has 5 nitrogen and oxygen atoms in total. The number of rotatable bonds is 2. The summed E-state index contributed by atoms with van der Waals surface area (Å²) in [6.45, 7) is 1.89. The van der Waals surface area contributed by atoms with Crippen molar-refractivity contribution < 1.29 is 4.79 Å². The monoisotopic (exact) mass is 307 g/mol. The Morgan fingerprint density at radius 1 is 1.22 bits per heavy atom. The summed E-state index contributed by atoms with van der Waals surface area (Å²) < 4.78 is 0. The fourth-order valence-corrected chi connectivity index (χ4v) is 3.41. The molecule has 0 radical (unpaired) electrons. The van der Waals surface area contributed by atoms with E-state index in [4.69, 9.17) is 0 Å². The van der Waals surface area contributed by atoms with Crippen LogP contribution in [0.4, 0.5) is 0 Å². The number of pyridine rings is 1. The smallest absolute Gasteiger partial charge is 0.258 e. The average molecular weight is 307 g/mol. The van der Waals surface area contributed by atoms with Crippen LogP contribution < -0.4 is 10.9 Å². The highest BCUT2D eigenvalue weighted by atomic mass is 16.2. The number of H-pyrrole nitrogens is 2. The van der Waals surface area contributed by atoms with Gasteiger partial charge in [-0.2, -0.15) is 0 Å². The quantitative estimate of drug-likeness (QED) is 0.680. The molecule has 2 aromatic heterocycles. The van der Waals surface area contributed by atoms with Crippen molar-refractivity contribution in [1.29, 1.82) is 0 Å². The molecule has 4 rings (SSSR count). The number of carbonyl (C=O) groups is 1. The van der Waals surface area contributed by atoms with E-state index in [-0.39, 0.29) is 17.5 Å². The summed E-state index contributed by atoms with van der Waals surface area (Å²) in [5.41, 5.74) is 4.23. The minimum absolute atomic E-state index is 0.00698. The summed E-state index contributed by atoms with van der Waals surface area (Å²) in [4.78, 5) is 30.5. The normalized spacial score (nSPS) is 16.5. The zero-order chi connectivity index (χ0) is 16.0. The maximum Gasteiger partial charge on any atom is 0.258 e. The van der Waals surface area contributed by atoms with Crippen molar-refractivity contribution in [2.45, 2.75) is 25.8 Å². The van der Waals surface area contributed by atoms with Gasteiger partial charge < -0.3 is 15.3 Å². The van der Waals surface area contributed by atoms with Crippen molar-refractivity contribution >= 4 is 16.8 Å². The second-order valence-corrected chi connectivity index (χ2v) is 6.02. The summed E-state index contributed by atoms with van der Waals surface area (Å²) in [5, 5.41) is 3.49. The van der Waals surface area contributed by atoms with Gasteiger partial charge in [0.25, 0.3) is 11.5 Å². The van der Waals surface area contributed by atoms with Crippen LogP contribution in [0, 0.1) is 6.92 Å². The molecule has 0 spiro atoms. The van der Waals surface area contributed by atoms with Gasteiger partial charge in [0.15, 0.2) is 0 Å². The molecular weight excluding hydrogens is 290 g/mol. The van der Waals surface area contributed by atoms with Gasteiger partial charge in [0.2, 0.25) is 0 Å². The molecule has 0 aliphatic heterocycles. The molecule has 0 fully saturated rings. The first-order valence-corrected chi connectivity index (χ1v) is 7.73. The van der Waals surface area contributed by atoms with E-state index in [1.165, 1.54) is 11.1 Å². The molecule has 2 heterocycles. The Balaban J connectivity index is 1.69. The first-order chi connectivity index (χ1) is 11.1. The van der Waals surface area contributed by atoms with Gasteiger partial charge in [-0.3, -0.25) is 9.59 Å². The molecule has 1 amide bonds. The lowest BCUT2D eigenvalue weighted by Gasteiger charge is -2.13. The summed E-state index contributed by atoms with van der Waals surface area (Å²) in [7, 11) is 0. The molecule has 0 saturated carbocycles. The molecule has 3 N–H and O–H groups in total. The SMILES string of the molecule is Cc1c[nH]c(=O)c2c(C(=O)NC3CCc4ccccc43)c[nH]c12. The molecule has 1 atom stereocenters. The van der Waals surface area contributed by atoms with Gasteiger partial charge in [-0.15, -0.1) is 0 Å². The maximum absolute atomic E-state index is 12.7. The molecular formula is C18H17N3O2. The Morgan fingerprint density at radius 2 is 2.04 bits per heavy atom. The Bertz CT molecular complexity index is 968. The molecule has 1 aliphatic carbocycles. The highest BCUT2D eigenvalue weighted by molar-refractivity contribution is 6.07. The van der Waals surface area contributed by atoms with E-state index in [0.29, 0.717) is 16.5 Å². The topological polar surface area (TPSA) is 77.8 Å². The van der Waals surface area contributed by atoms with Gasteiger partial charge in [-0.25, -0.2) is 0 Å². The van der Waals surface area contributed by atoms with E-state index in [1.807, 2.05) is 19.1 Å². The lowest BCUT2D eigenvalue weighted by atomic mass is 10.1. The van der Waals surface area contributed by atoms with E-state index >= 15 is 0 Å². The minimum Gasteiger partial charge on any atom is -0.360 e. The first-order valence-electron chi connectivity index (χ1n) is 7.73. The largest absolute Gasteiger partial charge is 0.360 e. The number of aryl methyl sites for hydroxylation is 2. The zero-order valence-electron chi connectivity index (χ0n) is 12.8. The minimum atomic E-state index is -0.246. The molecule has 1 aromatic carbocycles. The van der Waals surface area contributed by atoms with Crippen LogP contribution in [0.3, 0.4) is 0 Å². The van der Waals surface area contributed by atoms with E-state index in [2.05, 4.69) is 27.4 Å². The van der Waals surface area contributed by atoms with E-state index in [0.717, 1.165) is 18.4 Å². The third kappa shape index (κ3) is 2.16. The van der Waals surface area contributed by atoms with Crippen molar-refractivity contribution in [3.8, 4) is 0 Å². The second kappa shape index (κ2) is 5.12. The summed E-state index contributed by atoms with van der Waals surface area (Å²) in [5.74, 6) is -0.214. The van der Waals surface area contributed by atoms with E-state index in [9.17, 15) is 9.59 Å². The van der Waals surface area contributed by atoms with E-state index < -0.39 is 0 Å². The van der Waals surface area contributed by atoms with Crippen molar-refractivity contribution in [2.75, 3.05) is 0 Å². The first kappa shape index (κ1) is 13.8.